The summed E-state index contributed by atoms with van der Waals surface area (Å²) in [6.45, 7) is 1.15. The zero-order valence-corrected chi connectivity index (χ0v) is 18.3. The highest BCUT2D eigenvalue weighted by atomic mass is 16.6. The summed E-state index contributed by atoms with van der Waals surface area (Å²) < 4.78 is 12.0. The van der Waals surface area contributed by atoms with Crippen molar-refractivity contribution >= 4 is 11.9 Å². The lowest BCUT2D eigenvalue weighted by Crippen LogP contribution is -2.33. The van der Waals surface area contributed by atoms with Crippen molar-refractivity contribution in [1.29, 1.82) is 0 Å². The lowest BCUT2D eigenvalue weighted by atomic mass is 9.77. The molecule has 0 saturated heterocycles. The van der Waals surface area contributed by atoms with E-state index in [1.807, 2.05) is 0 Å². The van der Waals surface area contributed by atoms with Gasteiger partial charge in [-0.05, 0) is 55.8 Å². The molecule has 0 bridgehead atoms. The van der Waals surface area contributed by atoms with Crippen molar-refractivity contribution in [1.82, 2.24) is 5.32 Å². The first-order valence-corrected chi connectivity index (χ1v) is 11.1. The number of ether oxygens (including phenoxy) is 2. The summed E-state index contributed by atoms with van der Waals surface area (Å²) in [4.78, 5) is 25.8. The Morgan fingerprint density at radius 1 is 0.882 bits per heavy atom. The van der Waals surface area contributed by atoms with Gasteiger partial charge in [-0.25, -0.2) is 4.79 Å². The molecule has 34 heavy (non-hydrogen) atoms. The lowest BCUT2D eigenvalue weighted by molar-refractivity contribution is 0.0224. The van der Waals surface area contributed by atoms with Gasteiger partial charge in [0.15, 0.2) is 5.60 Å². The number of amides is 1. The van der Waals surface area contributed by atoms with E-state index in [0.717, 1.165) is 19.3 Å². The summed E-state index contributed by atoms with van der Waals surface area (Å²) in [5.41, 5.74) is 6.41. The number of rotatable bonds is 6. The number of fused-ring (bicyclic) bond motifs is 6. The van der Waals surface area contributed by atoms with Gasteiger partial charge >= 0.3 is 5.97 Å². The van der Waals surface area contributed by atoms with Crippen LogP contribution in [0.2, 0.25) is 0 Å². The highest BCUT2D eigenvalue weighted by molar-refractivity contribution is 6.01. The van der Waals surface area contributed by atoms with E-state index in [0.29, 0.717) is 46.8 Å². The maximum Gasteiger partial charge on any atom is 0.340 e. The number of aromatic hydroxyl groups is 2. The number of hydrogen-bond acceptors (Lipinski definition) is 7. The fourth-order valence-corrected chi connectivity index (χ4v) is 4.60. The molecule has 5 N–H and O–H groups in total. The molecule has 0 aliphatic carbocycles. The fourth-order valence-electron chi connectivity index (χ4n) is 4.60. The van der Waals surface area contributed by atoms with Gasteiger partial charge in [0.25, 0.3) is 5.91 Å². The lowest BCUT2D eigenvalue weighted by Gasteiger charge is -2.36. The Labute approximate surface area is 195 Å². The number of nitrogens with one attached hydrogen (secondary N) is 1. The van der Waals surface area contributed by atoms with Crippen LogP contribution in [0.4, 0.5) is 0 Å². The normalized spacial score (nSPS) is 14.6. The van der Waals surface area contributed by atoms with E-state index in [-0.39, 0.29) is 23.0 Å². The minimum atomic E-state index is -1.34. The fraction of sp³-hybridized carbons (Fsp3) is 0.231. The zero-order chi connectivity index (χ0) is 23.9. The second kappa shape index (κ2) is 8.39. The summed E-state index contributed by atoms with van der Waals surface area (Å²) in [7, 11) is 0. The van der Waals surface area contributed by atoms with Crippen LogP contribution in [0.25, 0.3) is 0 Å². The molecule has 1 amide bonds. The molecular weight excluding hydrogens is 436 g/mol. The van der Waals surface area contributed by atoms with E-state index in [2.05, 4.69) is 5.32 Å². The van der Waals surface area contributed by atoms with Crippen molar-refractivity contribution in [3.05, 3.63) is 82.4 Å². The minimum Gasteiger partial charge on any atom is -0.508 e. The summed E-state index contributed by atoms with van der Waals surface area (Å²) in [5.74, 6) is -0.267. The van der Waals surface area contributed by atoms with Gasteiger partial charge in [-0.3, -0.25) is 4.79 Å². The summed E-state index contributed by atoms with van der Waals surface area (Å²) >= 11 is 0. The quantitative estimate of drug-likeness (QED) is 0.327. The average molecular weight is 460 g/mol. The largest absolute Gasteiger partial charge is 0.508 e. The molecule has 0 unspecified atom stereocenters. The second-order valence-corrected chi connectivity index (χ2v) is 8.40. The first-order valence-electron chi connectivity index (χ1n) is 11.1. The molecule has 8 heteroatoms. The first kappa shape index (κ1) is 21.8. The third kappa shape index (κ3) is 3.43. The van der Waals surface area contributed by atoms with Crippen molar-refractivity contribution in [3.8, 4) is 23.0 Å². The zero-order valence-electron chi connectivity index (χ0n) is 18.3. The maximum absolute atomic E-state index is 13.1. The Bertz CT molecular complexity index is 1250. The molecule has 174 valence electrons. The van der Waals surface area contributed by atoms with Crippen LogP contribution in [0.5, 0.6) is 23.0 Å². The predicted octanol–water partition coefficient (Wildman–Crippen LogP) is 3.52. The van der Waals surface area contributed by atoms with Crippen LogP contribution in [-0.2, 0) is 10.3 Å². The highest BCUT2D eigenvalue weighted by Crippen LogP contribution is 2.57. The van der Waals surface area contributed by atoms with E-state index in [1.54, 1.807) is 24.3 Å². The van der Waals surface area contributed by atoms with E-state index >= 15 is 0 Å². The van der Waals surface area contributed by atoms with Gasteiger partial charge in [-0.1, -0.05) is 12.5 Å². The average Bonchev–Trinajstić information content (AvgIpc) is 3.10. The van der Waals surface area contributed by atoms with Gasteiger partial charge in [0.2, 0.25) is 0 Å². The minimum absolute atomic E-state index is 0.0134. The number of nitrogens with two attached hydrogens (primary N) is 1. The molecule has 1 spiro atoms. The first-order chi connectivity index (χ1) is 16.4. The van der Waals surface area contributed by atoms with E-state index < -0.39 is 11.6 Å². The Hall–Kier alpha value is -4.04. The number of carbonyl (C=O) groups excluding carboxylic acids is 2. The standard InChI is InChI=1S/C26H24N2O6/c27-10-2-1-3-11-28-24(31)15-4-7-19-18(12-15)25(32)34-26(19)20-8-5-16(29)13-22(20)33-23-14-17(30)6-9-21(23)26/h4-9,12-14,29-30H,1-3,10-11,27H2,(H,28,31). The molecule has 0 aromatic heterocycles. The van der Waals surface area contributed by atoms with Gasteiger partial charge in [-0.2, -0.15) is 0 Å². The number of phenols is 2. The van der Waals surface area contributed by atoms with Crippen LogP contribution >= 0.6 is 0 Å². The smallest absolute Gasteiger partial charge is 0.340 e. The molecule has 5 rings (SSSR count). The molecule has 8 nitrogen and oxygen atoms in total. The van der Waals surface area contributed by atoms with Crippen LogP contribution in [0.1, 0.15) is 56.7 Å². The number of phenolic OH excluding ortho intramolecular Hbond substituents is 2. The molecule has 2 heterocycles. The van der Waals surface area contributed by atoms with Crippen molar-refractivity contribution in [2.75, 3.05) is 13.1 Å². The summed E-state index contributed by atoms with van der Waals surface area (Å²) in [6, 6.07) is 14.1. The van der Waals surface area contributed by atoms with Gasteiger partial charge in [0.1, 0.15) is 23.0 Å². The molecule has 3 aromatic rings. The number of hydrogen-bond donors (Lipinski definition) is 4. The monoisotopic (exact) mass is 460 g/mol. The van der Waals surface area contributed by atoms with Crippen LogP contribution in [-0.4, -0.2) is 35.2 Å². The van der Waals surface area contributed by atoms with Crippen molar-refractivity contribution < 1.29 is 29.3 Å². The second-order valence-electron chi connectivity index (χ2n) is 8.40. The van der Waals surface area contributed by atoms with Gasteiger partial charge < -0.3 is 30.7 Å². The van der Waals surface area contributed by atoms with Gasteiger partial charge in [-0.15, -0.1) is 0 Å². The molecule has 0 fully saturated rings. The Morgan fingerprint density at radius 2 is 1.53 bits per heavy atom. The van der Waals surface area contributed by atoms with Gasteiger partial charge in [0.05, 0.1) is 5.56 Å². The number of carbonyl (C=O) groups is 2. The van der Waals surface area contributed by atoms with Crippen LogP contribution in [0.15, 0.2) is 54.6 Å². The number of benzene rings is 3. The van der Waals surface area contributed by atoms with Gasteiger partial charge in [0, 0.05) is 40.9 Å². The van der Waals surface area contributed by atoms with E-state index in [1.165, 1.54) is 30.3 Å². The van der Waals surface area contributed by atoms with Crippen molar-refractivity contribution in [2.45, 2.75) is 24.9 Å². The SMILES string of the molecule is NCCCCCNC(=O)c1ccc2c(c1)C(=O)OC21c2ccc(O)cc2Oc2cc(O)ccc21. The molecule has 0 saturated carbocycles. The van der Waals surface area contributed by atoms with Crippen molar-refractivity contribution in [3.63, 3.8) is 0 Å². The van der Waals surface area contributed by atoms with Crippen molar-refractivity contribution in [2.24, 2.45) is 5.73 Å². The molecule has 2 aliphatic rings. The number of esters is 1. The summed E-state index contributed by atoms with van der Waals surface area (Å²) in [5, 5.41) is 22.9. The van der Waals surface area contributed by atoms with Crippen LogP contribution < -0.4 is 15.8 Å². The third-order valence-corrected chi connectivity index (χ3v) is 6.20. The Kier molecular flexibility index (Phi) is 5.37. The van der Waals surface area contributed by atoms with Crippen LogP contribution in [0, 0.1) is 0 Å². The molecule has 2 aliphatic heterocycles. The highest BCUT2D eigenvalue weighted by Gasteiger charge is 2.53. The summed E-state index contributed by atoms with van der Waals surface area (Å²) in [6.07, 6.45) is 2.67. The molecule has 0 radical (unpaired) electrons. The Morgan fingerprint density at radius 3 is 2.18 bits per heavy atom. The molecule has 0 atom stereocenters. The predicted molar refractivity (Wildman–Crippen MR) is 123 cm³/mol. The number of unbranched alkanes of at least 4 members (excludes halogenated alkanes) is 2. The van der Waals surface area contributed by atoms with Crippen LogP contribution in [0.3, 0.4) is 0 Å². The Balaban J connectivity index is 1.56. The maximum atomic E-state index is 13.1. The van der Waals surface area contributed by atoms with E-state index in [9.17, 15) is 19.8 Å². The molecular formula is C26H24N2O6. The third-order valence-electron chi connectivity index (χ3n) is 6.20. The topological polar surface area (TPSA) is 131 Å². The molecule has 3 aromatic carbocycles. The van der Waals surface area contributed by atoms with E-state index in [4.69, 9.17) is 15.2 Å².